The number of nitrogens with zero attached hydrogens (tertiary/aromatic N) is 2. The quantitative estimate of drug-likeness (QED) is 0.900. The van der Waals surface area contributed by atoms with Gasteiger partial charge < -0.3 is 10.0 Å². The molecule has 2 heterocycles. The molecule has 1 aliphatic heterocycles. The lowest BCUT2D eigenvalue weighted by molar-refractivity contribution is -0.137. The largest absolute Gasteiger partial charge is 0.419 e. The van der Waals surface area contributed by atoms with Crippen molar-refractivity contribution in [2.24, 2.45) is 5.92 Å². The van der Waals surface area contributed by atoms with E-state index in [1.807, 2.05) is 0 Å². The van der Waals surface area contributed by atoms with Crippen LogP contribution in [0.5, 0.6) is 0 Å². The summed E-state index contributed by atoms with van der Waals surface area (Å²) in [4.78, 5) is 5.56. The fourth-order valence-corrected chi connectivity index (χ4v) is 2.55. The molecule has 0 amide bonds. The first-order valence-electron chi connectivity index (χ1n) is 6.00. The Bertz CT molecular complexity index is 445. The van der Waals surface area contributed by atoms with Crippen LogP contribution < -0.4 is 4.90 Å². The van der Waals surface area contributed by atoms with E-state index in [9.17, 15) is 13.2 Å². The lowest BCUT2D eigenvalue weighted by Gasteiger charge is -2.33. The molecule has 1 N–H and O–H groups in total. The van der Waals surface area contributed by atoms with E-state index in [0.29, 0.717) is 30.4 Å². The van der Waals surface area contributed by atoms with E-state index in [1.54, 1.807) is 4.90 Å². The summed E-state index contributed by atoms with van der Waals surface area (Å²) < 4.78 is 39.3. The van der Waals surface area contributed by atoms with Crippen LogP contribution in [0.1, 0.15) is 18.4 Å². The lowest BCUT2D eigenvalue weighted by Crippen LogP contribution is -2.36. The topological polar surface area (TPSA) is 36.4 Å². The van der Waals surface area contributed by atoms with Crippen LogP contribution in [0, 0.1) is 5.92 Å². The highest BCUT2D eigenvalue weighted by Crippen LogP contribution is 2.37. The van der Waals surface area contributed by atoms with Crippen molar-refractivity contribution in [2.45, 2.75) is 19.0 Å². The van der Waals surface area contributed by atoms with Crippen molar-refractivity contribution >= 4 is 21.7 Å². The van der Waals surface area contributed by atoms with Gasteiger partial charge in [0.2, 0.25) is 0 Å². The van der Waals surface area contributed by atoms with E-state index in [-0.39, 0.29) is 18.3 Å². The zero-order chi connectivity index (χ0) is 14.0. The monoisotopic (exact) mass is 338 g/mol. The standard InChI is InChI=1S/C12H14BrF3N2O/c13-9-5-10(12(14,15)16)11(17-6-9)18-3-1-8(7-19)2-4-18/h5-6,8,19H,1-4,7H2. The van der Waals surface area contributed by atoms with Gasteiger partial charge >= 0.3 is 6.18 Å². The third kappa shape index (κ3) is 3.39. The number of pyridine rings is 1. The second kappa shape index (κ2) is 5.66. The van der Waals surface area contributed by atoms with Gasteiger partial charge in [-0.15, -0.1) is 0 Å². The minimum atomic E-state index is -4.42. The summed E-state index contributed by atoms with van der Waals surface area (Å²) in [5, 5.41) is 9.05. The van der Waals surface area contributed by atoms with Crippen LogP contribution in [0.3, 0.4) is 0 Å². The Hall–Kier alpha value is -0.820. The Morgan fingerprint density at radius 2 is 2.00 bits per heavy atom. The number of hydrogen-bond donors (Lipinski definition) is 1. The molecule has 0 bridgehead atoms. The first-order valence-corrected chi connectivity index (χ1v) is 6.79. The first-order chi connectivity index (χ1) is 8.91. The van der Waals surface area contributed by atoms with Gasteiger partial charge in [0.05, 0.1) is 5.56 Å². The summed E-state index contributed by atoms with van der Waals surface area (Å²) in [6.45, 7) is 1.07. The predicted molar refractivity (Wildman–Crippen MR) is 69.0 cm³/mol. The molecule has 0 unspecified atom stereocenters. The number of aromatic nitrogens is 1. The van der Waals surface area contributed by atoms with E-state index in [1.165, 1.54) is 6.20 Å². The van der Waals surface area contributed by atoms with Gasteiger partial charge in [-0.25, -0.2) is 4.98 Å². The number of rotatable bonds is 2. The van der Waals surface area contributed by atoms with Crippen molar-refractivity contribution in [3.05, 3.63) is 22.3 Å². The number of hydrogen-bond acceptors (Lipinski definition) is 3. The fourth-order valence-electron chi connectivity index (χ4n) is 2.22. The van der Waals surface area contributed by atoms with Crippen molar-refractivity contribution in [3.63, 3.8) is 0 Å². The highest BCUT2D eigenvalue weighted by atomic mass is 79.9. The number of alkyl halides is 3. The average molecular weight is 339 g/mol. The van der Waals surface area contributed by atoms with Crippen LogP contribution in [0.25, 0.3) is 0 Å². The maximum Gasteiger partial charge on any atom is 0.419 e. The van der Waals surface area contributed by atoms with E-state index in [0.717, 1.165) is 6.07 Å². The summed E-state index contributed by atoms with van der Waals surface area (Å²) in [5.74, 6) is 0.160. The molecule has 1 saturated heterocycles. The minimum Gasteiger partial charge on any atom is -0.396 e. The van der Waals surface area contributed by atoms with Crippen molar-refractivity contribution < 1.29 is 18.3 Å². The molecule has 7 heteroatoms. The van der Waals surface area contributed by atoms with E-state index >= 15 is 0 Å². The van der Waals surface area contributed by atoms with Crippen LogP contribution in [0.4, 0.5) is 19.0 Å². The Morgan fingerprint density at radius 1 is 1.37 bits per heavy atom. The van der Waals surface area contributed by atoms with E-state index in [2.05, 4.69) is 20.9 Å². The zero-order valence-corrected chi connectivity index (χ0v) is 11.7. The van der Waals surface area contributed by atoms with Crippen LogP contribution in [0.2, 0.25) is 0 Å². The normalized spacial score (nSPS) is 17.8. The maximum atomic E-state index is 13.0. The lowest BCUT2D eigenvalue weighted by atomic mass is 9.97. The van der Waals surface area contributed by atoms with E-state index < -0.39 is 11.7 Å². The molecule has 1 fully saturated rings. The zero-order valence-electron chi connectivity index (χ0n) is 10.1. The van der Waals surface area contributed by atoms with Crippen LogP contribution >= 0.6 is 15.9 Å². The van der Waals surface area contributed by atoms with Gasteiger partial charge in [-0.1, -0.05) is 0 Å². The Kier molecular flexibility index (Phi) is 4.35. The predicted octanol–water partition coefficient (Wildman–Crippen LogP) is 3.07. The number of aliphatic hydroxyl groups is 1. The molecule has 0 radical (unpaired) electrons. The molecule has 0 aromatic carbocycles. The molecule has 3 nitrogen and oxygen atoms in total. The van der Waals surface area contributed by atoms with E-state index in [4.69, 9.17) is 5.11 Å². The molecule has 0 atom stereocenters. The summed E-state index contributed by atoms with van der Waals surface area (Å²) in [6.07, 6.45) is -1.67. The minimum absolute atomic E-state index is 0.0212. The maximum absolute atomic E-state index is 13.0. The number of aliphatic hydroxyl groups excluding tert-OH is 1. The van der Waals surface area contributed by atoms with Gasteiger partial charge in [0.1, 0.15) is 5.82 Å². The molecule has 106 valence electrons. The fraction of sp³-hybridized carbons (Fsp3) is 0.583. The van der Waals surface area contributed by atoms with Gasteiger partial charge in [0, 0.05) is 30.4 Å². The van der Waals surface area contributed by atoms with Crippen molar-refractivity contribution in [3.8, 4) is 0 Å². The van der Waals surface area contributed by atoms with Crippen LogP contribution in [0.15, 0.2) is 16.7 Å². The van der Waals surface area contributed by atoms with Crippen molar-refractivity contribution in [1.82, 2.24) is 4.98 Å². The third-order valence-electron chi connectivity index (χ3n) is 3.31. The van der Waals surface area contributed by atoms with Gasteiger partial charge in [-0.3, -0.25) is 0 Å². The average Bonchev–Trinajstić information content (AvgIpc) is 2.38. The molecule has 0 aliphatic carbocycles. The second-order valence-electron chi connectivity index (χ2n) is 4.64. The molecule has 19 heavy (non-hydrogen) atoms. The van der Waals surface area contributed by atoms with Crippen LogP contribution in [-0.4, -0.2) is 29.8 Å². The highest BCUT2D eigenvalue weighted by molar-refractivity contribution is 9.10. The van der Waals surface area contributed by atoms with Gasteiger partial charge in [0.15, 0.2) is 0 Å². The summed E-state index contributed by atoms with van der Waals surface area (Å²) in [5.41, 5.74) is -0.718. The summed E-state index contributed by atoms with van der Waals surface area (Å²) in [6, 6.07) is 1.06. The smallest absolute Gasteiger partial charge is 0.396 e. The van der Waals surface area contributed by atoms with Crippen molar-refractivity contribution in [2.75, 3.05) is 24.6 Å². The van der Waals surface area contributed by atoms with Gasteiger partial charge in [-0.05, 0) is 40.8 Å². The third-order valence-corrected chi connectivity index (χ3v) is 3.74. The molecule has 1 aliphatic rings. The first kappa shape index (κ1) is 14.6. The molecule has 0 spiro atoms. The molecular weight excluding hydrogens is 325 g/mol. The Morgan fingerprint density at radius 3 is 2.53 bits per heavy atom. The molecule has 1 aromatic rings. The SMILES string of the molecule is OCC1CCN(c2ncc(Br)cc2C(F)(F)F)CC1. The molecule has 1 aromatic heterocycles. The Labute approximate surface area is 117 Å². The number of piperidine rings is 1. The molecular formula is C12H14BrF3N2O. The van der Waals surface area contributed by atoms with Gasteiger partial charge in [0.25, 0.3) is 0 Å². The Balaban J connectivity index is 2.25. The summed E-state index contributed by atoms with van der Waals surface area (Å²) >= 11 is 3.02. The number of anilines is 1. The number of halogens is 4. The highest BCUT2D eigenvalue weighted by Gasteiger charge is 2.36. The van der Waals surface area contributed by atoms with Gasteiger partial charge in [-0.2, -0.15) is 13.2 Å². The second-order valence-corrected chi connectivity index (χ2v) is 5.55. The molecule has 2 rings (SSSR count). The summed E-state index contributed by atoms with van der Waals surface area (Å²) in [7, 11) is 0. The van der Waals surface area contributed by atoms with Crippen LogP contribution in [-0.2, 0) is 6.18 Å². The van der Waals surface area contributed by atoms with Crippen molar-refractivity contribution in [1.29, 1.82) is 0 Å². The molecule has 0 saturated carbocycles.